The Labute approximate surface area is 112 Å². The number of rotatable bonds is 2. The highest BCUT2D eigenvalue weighted by atomic mass is 16.5. The fourth-order valence-electron chi connectivity index (χ4n) is 1.98. The van der Waals surface area contributed by atoms with Crippen LogP contribution in [0.25, 0.3) is 16.7 Å². The molecule has 0 amide bonds. The molecular weight excluding hydrogens is 260 g/mol. The van der Waals surface area contributed by atoms with Gasteiger partial charge in [-0.1, -0.05) is 6.07 Å². The zero-order valence-electron chi connectivity index (χ0n) is 10.6. The molecule has 100 valence electrons. The molecular formula is C14H10N2O4. The van der Waals surface area contributed by atoms with E-state index in [2.05, 4.69) is 4.98 Å². The van der Waals surface area contributed by atoms with Crippen LogP contribution in [0.3, 0.4) is 0 Å². The first-order valence-corrected chi connectivity index (χ1v) is 5.86. The summed E-state index contributed by atoms with van der Waals surface area (Å²) < 4.78 is 11.1. The van der Waals surface area contributed by atoms with Gasteiger partial charge in [-0.25, -0.2) is 19.1 Å². The first-order chi connectivity index (χ1) is 9.70. The minimum absolute atomic E-state index is 0.245. The second kappa shape index (κ2) is 4.65. The molecule has 0 atom stereocenters. The number of fused-ring (bicyclic) bond motifs is 1. The van der Waals surface area contributed by atoms with Gasteiger partial charge in [0.2, 0.25) is 0 Å². The zero-order chi connectivity index (χ0) is 14.1. The van der Waals surface area contributed by atoms with Gasteiger partial charge in [-0.15, -0.1) is 0 Å². The molecule has 0 spiro atoms. The molecule has 0 aliphatic carbocycles. The van der Waals surface area contributed by atoms with Crippen LogP contribution in [-0.4, -0.2) is 16.7 Å². The Morgan fingerprint density at radius 1 is 1.20 bits per heavy atom. The molecule has 3 rings (SSSR count). The normalized spacial score (nSPS) is 10.7. The predicted octanol–water partition coefficient (Wildman–Crippen LogP) is 1.35. The van der Waals surface area contributed by atoms with Crippen molar-refractivity contribution in [3.63, 3.8) is 0 Å². The van der Waals surface area contributed by atoms with Gasteiger partial charge in [-0.05, 0) is 24.3 Å². The molecule has 0 bridgehead atoms. The molecule has 0 radical (unpaired) electrons. The average Bonchev–Trinajstić information content (AvgIpc) is 2.47. The molecule has 3 aromatic rings. The molecule has 6 heteroatoms. The van der Waals surface area contributed by atoms with Gasteiger partial charge in [0.1, 0.15) is 11.1 Å². The SMILES string of the molecule is COc1cccc(-n2c(=O)oc(=O)c3cccnc32)c1. The maximum absolute atomic E-state index is 12.0. The number of aromatic nitrogens is 2. The number of methoxy groups -OCH3 is 1. The highest BCUT2D eigenvalue weighted by Gasteiger charge is 2.12. The number of hydrogen-bond acceptors (Lipinski definition) is 5. The predicted molar refractivity (Wildman–Crippen MR) is 72.4 cm³/mol. The van der Waals surface area contributed by atoms with E-state index in [0.717, 1.165) is 0 Å². The molecule has 1 aromatic carbocycles. The average molecular weight is 270 g/mol. The zero-order valence-corrected chi connectivity index (χ0v) is 10.6. The smallest absolute Gasteiger partial charge is 0.428 e. The molecule has 0 fully saturated rings. The van der Waals surface area contributed by atoms with Gasteiger partial charge in [0.15, 0.2) is 5.65 Å². The van der Waals surface area contributed by atoms with E-state index in [9.17, 15) is 9.59 Å². The van der Waals surface area contributed by atoms with E-state index < -0.39 is 11.4 Å². The van der Waals surface area contributed by atoms with Crippen molar-refractivity contribution < 1.29 is 9.15 Å². The molecule has 2 heterocycles. The summed E-state index contributed by atoms with van der Waals surface area (Å²) >= 11 is 0. The fourth-order valence-corrected chi connectivity index (χ4v) is 1.98. The van der Waals surface area contributed by atoms with Crippen LogP contribution in [-0.2, 0) is 0 Å². The first-order valence-electron chi connectivity index (χ1n) is 5.86. The lowest BCUT2D eigenvalue weighted by Crippen LogP contribution is -2.24. The Balaban J connectivity index is 2.41. The molecule has 20 heavy (non-hydrogen) atoms. The van der Waals surface area contributed by atoms with Crippen LogP contribution in [0.1, 0.15) is 0 Å². The minimum Gasteiger partial charge on any atom is -0.497 e. The summed E-state index contributed by atoms with van der Waals surface area (Å²) in [5.74, 6) is -0.195. The summed E-state index contributed by atoms with van der Waals surface area (Å²) in [6, 6.07) is 10.0. The van der Waals surface area contributed by atoms with Crippen LogP contribution in [0.15, 0.2) is 56.6 Å². The maximum atomic E-state index is 12.0. The number of benzene rings is 1. The number of pyridine rings is 1. The second-order valence-corrected chi connectivity index (χ2v) is 4.07. The lowest BCUT2D eigenvalue weighted by molar-refractivity contribution is 0.413. The van der Waals surface area contributed by atoms with Crippen LogP contribution in [0, 0.1) is 0 Å². The van der Waals surface area contributed by atoms with Crippen molar-refractivity contribution in [1.29, 1.82) is 0 Å². The van der Waals surface area contributed by atoms with Crippen molar-refractivity contribution in [3.05, 3.63) is 63.6 Å². The van der Waals surface area contributed by atoms with Crippen LogP contribution < -0.4 is 16.1 Å². The van der Waals surface area contributed by atoms with Crippen molar-refractivity contribution in [2.45, 2.75) is 0 Å². The lowest BCUT2D eigenvalue weighted by atomic mass is 10.3. The highest BCUT2D eigenvalue weighted by molar-refractivity contribution is 5.74. The summed E-state index contributed by atoms with van der Waals surface area (Å²) in [7, 11) is 1.53. The number of hydrogen-bond donors (Lipinski definition) is 0. The third-order valence-electron chi connectivity index (χ3n) is 2.89. The third kappa shape index (κ3) is 1.87. The minimum atomic E-state index is -0.783. The molecule has 0 unspecified atom stereocenters. The first kappa shape index (κ1) is 12.2. The molecule has 0 aliphatic rings. The standard InChI is InChI=1S/C14H10N2O4/c1-19-10-5-2-4-9(8-10)16-12-11(6-3-7-15-12)13(17)20-14(16)18/h2-8H,1H3. The van der Waals surface area contributed by atoms with E-state index in [0.29, 0.717) is 11.4 Å². The van der Waals surface area contributed by atoms with E-state index in [1.54, 1.807) is 36.4 Å². The largest absolute Gasteiger partial charge is 0.497 e. The van der Waals surface area contributed by atoms with Crippen LogP contribution in [0.2, 0.25) is 0 Å². The van der Waals surface area contributed by atoms with E-state index in [4.69, 9.17) is 9.15 Å². The topological polar surface area (TPSA) is 74.3 Å². The second-order valence-electron chi connectivity index (χ2n) is 4.07. The van der Waals surface area contributed by atoms with Crippen molar-refractivity contribution in [3.8, 4) is 11.4 Å². The van der Waals surface area contributed by atoms with Crippen molar-refractivity contribution in [2.75, 3.05) is 7.11 Å². The Morgan fingerprint density at radius 2 is 2.05 bits per heavy atom. The van der Waals surface area contributed by atoms with Gasteiger partial charge in [0.25, 0.3) is 0 Å². The molecule has 0 saturated carbocycles. The van der Waals surface area contributed by atoms with Gasteiger partial charge >= 0.3 is 11.4 Å². The van der Waals surface area contributed by atoms with E-state index in [-0.39, 0.29) is 11.0 Å². The monoisotopic (exact) mass is 270 g/mol. The summed E-state index contributed by atoms with van der Waals surface area (Å²) in [4.78, 5) is 27.7. The van der Waals surface area contributed by atoms with Crippen molar-refractivity contribution in [1.82, 2.24) is 9.55 Å². The summed E-state index contributed by atoms with van der Waals surface area (Å²) in [6.07, 6.45) is 1.51. The molecule has 0 aliphatic heterocycles. The van der Waals surface area contributed by atoms with Gasteiger partial charge in [-0.2, -0.15) is 0 Å². The fraction of sp³-hybridized carbons (Fsp3) is 0.0714. The molecule has 2 aromatic heterocycles. The summed E-state index contributed by atoms with van der Waals surface area (Å²) in [5.41, 5.74) is 0.0704. The van der Waals surface area contributed by atoms with E-state index in [1.165, 1.54) is 17.9 Å². The lowest BCUT2D eigenvalue weighted by Gasteiger charge is -2.08. The van der Waals surface area contributed by atoms with E-state index in [1.807, 2.05) is 0 Å². The van der Waals surface area contributed by atoms with Gasteiger partial charge < -0.3 is 9.15 Å². The number of ether oxygens (including phenoxy) is 1. The molecule has 6 nitrogen and oxygen atoms in total. The van der Waals surface area contributed by atoms with Crippen molar-refractivity contribution >= 4 is 11.0 Å². The molecule has 0 saturated heterocycles. The van der Waals surface area contributed by atoms with E-state index >= 15 is 0 Å². The quantitative estimate of drug-likeness (QED) is 0.702. The van der Waals surface area contributed by atoms with Gasteiger partial charge in [0.05, 0.1) is 12.8 Å². The summed E-state index contributed by atoms with van der Waals surface area (Å²) in [6.45, 7) is 0. The van der Waals surface area contributed by atoms with Gasteiger partial charge in [-0.3, -0.25) is 0 Å². The van der Waals surface area contributed by atoms with Crippen LogP contribution in [0.5, 0.6) is 5.75 Å². The summed E-state index contributed by atoms with van der Waals surface area (Å²) in [5, 5.41) is 0.245. The Bertz CT molecular complexity index is 895. The highest BCUT2D eigenvalue weighted by Crippen LogP contribution is 2.17. The number of nitrogens with zero attached hydrogens (tertiary/aromatic N) is 2. The third-order valence-corrected chi connectivity index (χ3v) is 2.89. The van der Waals surface area contributed by atoms with Crippen LogP contribution in [0.4, 0.5) is 0 Å². The van der Waals surface area contributed by atoms with Gasteiger partial charge in [0, 0.05) is 12.3 Å². The maximum Gasteiger partial charge on any atom is 0.428 e. The Hall–Kier alpha value is -2.89. The van der Waals surface area contributed by atoms with Crippen LogP contribution >= 0.6 is 0 Å². The molecule has 0 N–H and O–H groups in total. The van der Waals surface area contributed by atoms with Crippen molar-refractivity contribution in [2.24, 2.45) is 0 Å². The Kier molecular flexibility index (Phi) is 2.83. The Morgan fingerprint density at radius 3 is 2.85 bits per heavy atom.